The lowest BCUT2D eigenvalue weighted by Crippen LogP contribution is -2.22. The molecular formula is C15H23NO. The van der Waals surface area contributed by atoms with Crippen LogP contribution in [0.5, 0.6) is 0 Å². The summed E-state index contributed by atoms with van der Waals surface area (Å²) in [6, 6.07) is 2.04. The van der Waals surface area contributed by atoms with Gasteiger partial charge in [0, 0.05) is 12.1 Å². The molecule has 0 amide bonds. The van der Waals surface area contributed by atoms with Crippen LogP contribution in [-0.4, -0.2) is 13.1 Å². The van der Waals surface area contributed by atoms with Gasteiger partial charge in [-0.25, -0.2) is 0 Å². The molecule has 2 nitrogen and oxygen atoms in total. The maximum atomic E-state index is 5.14. The van der Waals surface area contributed by atoms with Gasteiger partial charge in [-0.1, -0.05) is 37.8 Å². The smallest absolute Gasteiger partial charge is 0.0974 e. The van der Waals surface area contributed by atoms with Crippen LogP contribution < -0.4 is 5.32 Å². The minimum atomic E-state index is 0.776. The highest BCUT2D eigenvalue weighted by Crippen LogP contribution is 2.30. The third-order valence-corrected chi connectivity index (χ3v) is 3.60. The van der Waals surface area contributed by atoms with Gasteiger partial charge in [0.2, 0.25) is 0 Å². The Morgan fingerprint density at radius 2 is 2.24 bits per heavy atom. The van der Waals surface area contributed by atoms with Crippen LogP contribution in [0, 0.1) is 5.92 Å². The standard InChI is InChI=1S/C15H23NO/c1-2-16-11-15(10-13-8-9-17-12-13)14-6-4-3-5-7-14/h8-10,12,14,16H,2-7,11H2,1H3. The van der Waals surface area contributed by atoms with Crippen LogP contribution in [0.3, 0.4) is 0 Å². The molecular weight excluding hydrogens is 210 g/mol. The van der Waals surface area contributed by atoms with Crippen LogP contribution in [0.25, 0.3) is 6.08 Å². The lowest BCUT2D eigenvalue weighted by Gasteiger charge is -2.24. The second kappa shape index (κ2) is 6.65. The molecule has 94 valence electrons. The minimum Gasteiger partial charge on any atom is -0.472 e. The van der Waals surface area contributed by atoms with Crippen molar-refractivity contribution in [3.05, 3.63) is 29.7 Å². The third-order valence-electron chi connectivity index (χ3n) is 3.60. The van der Waals surface area contributed by atoms with Crippen LogP contribution in [0.2, 0.25) is 0 Å². The van der Waals surface area contributed by atoms with Gasteiger partial charge in [-0.3, -0.25) is 0 Å². The maximum absolute atomic E-state index is 5.14. The molecule has 0 spiro atoms. The number of furan rings is 1. The van der Waals surface area contributed by atoms with Gasteiger partial charge in [-0.05, 0) is 31.4 Å². The van der Waals surface area contributed by atoms with Crippen molar-refractivity contribution >= 4 is 6.08 Å². The molecule has 1 N–H and O–H groups in total. The van der Waals surface area contributed by atoms with Crippen molar-refractivity contribution in [2.45, 2.75) is 39.0 Å². The first-order valence-electron chi connectivity index (χ1n) is 6.83. The highest BCUT2D eigenvalue weighted by molar-refractivity contribution is 5.52. The fraction of sp³-hybridized carbons (Fsp3) is 0.600. The molecule has 1 saturated carbocycles. The second-order valence-electron chi connectivity index (χ2n) is 4.89. The molecule has 2 heteroatoms. The Kier molecular flexibility index (Phi) is 4.87. The van der Waals surface area contributed by atoms with Gasteiger partial charge in [0.15, 0.2) is 0 Å². The van der Waals surface area contributed by atoms with Crippen LogP contribution >= 0.6 is 0 Å². The Labute approximate surface area is 104 Å². The fourth-order valence-electron chi connectivity index (χ4n) is 2.63. The van der Waals surface area contributed by atoms with E-state index in [1.807, 2.05) is 12.3 Å². The van der Waals surface area contributed by atoms with Crippen LogP contribution in [0.4, 0.5) is 0 Å². The molecule has 1 aliphatic carbocycles. The predicted octanol–water partition coefficient (Wildman–Crippen LogP) is 3.85. The number of nitrogens with one attached hydrogen (secondary N) is 1. The summed E-state index contributed by atoms with van der Waals surface area (Å²) in [5, 5.41) is 3.46. The summed E-state index contributed by atoms with van der Waals surface area (Å²) in [7, 11) is 0. The summed E-state index contributed by atoms with van der Waals surface area (Å²) in [6.07, 6.45) is 12.8. The lowest BCUT2D eigenvalue weighted by atomic mass is 9.83. The van der Waals surface area contributed by atoms with Crippen molar-refractivity contribution in [2.75, 3.05) is 13.1 Å². The van der Waals surface area contributed by atoms with Gasteiger partial charge in [0.05, 0.1) is 12.5 Å². The van der Waals surface area contributed by atoms with E-state index in [-0.39, 0.29) is 0 Å². The normalized spacial score (nSPS) is 18.5. The highest BCUT2D eigenvalue weighted by atomic mass is 16.3. The molecule has 1 aromatic rings. The van der Waals surface area contributed by atoms with Gasteiger partial charge in [-0.15, -0.1) is 0 Å². The zero-order valence-corrected chi connectivity index (χ0v) is 10.7. The molecule has 1 aromatic heterocycles. The molecule has 17 heavy (non-hydrogen) atoms. The van der Waals surface area contributed by atoms with E-state index in [2.05, 4.69) is 18.3 Å². The SMILES string of the molecule is CCNCC(=Cc1ccoc1)C1CCCCC1. The summed E-state index contributed by atoms with van der Waals surface area (Å²) in [5.41, 5.74) is 2.75. The average molecular weight is 233 g/mol. The summed E-state index contributed by atoms with van der Waals surface area (Å²) < 4.78 is 5.14. The van der Waals surface area contributed by atoms with Crippen molar-refractivity contribution in [2.24, 2.45) is 5.92 Å². The van der Waals surface area contributed by atoms with Gasteiger partial charge < -0.3 is 9.73 Å². The van der Waals surface area contributed by atoms with E-state index in [9.17, 15) is 0 Å². The van der Waals surface area contributed by atoms with Gasteiger partial charge in [-0.2, -0.15) is 0 Å². The first-order chi connectivity index (χ1) is 8.40. The van der Waals surface area contributed by atoms with Crippen LogP contribution in [0.1, 0.15) is 44.6 Å². The van der Waals surface area contributed by atoms with Crippen molar-refractivity contribution in [1.82, 2.24) is 5.32 Å². The molecule has 0 aromatic carbocycles. The van der Waals surface area contributed by atoms with E-state index in [0.717, 1.165) is 19.0 Å². The van der Waals surface area contributed by atoms with Crippen molar-refractivity contribution < 1.29 is 4.42 Å². The summed E-state index contributed by atoms with van der Waals surface area (Å²) in [6.45, 7) is 4.22. The highest BCUT2D eigenvalue weighted by Gasteiger charge is 2.17. The Balaban J connectivity index is 2.06. The zero-order valence-electron chi connectivity index (χ0n) is 10.7. The van der Waals surface area contributed by atoms with Crippen molar-refractivity contribution in [3.63, 3.8) is 0 Å². The summed E-state index contributed by atoms with van der Waals surface area (Å²) >= 11 is 0. The maximum Gasteiger partial charge on any atom is 0.0974 e. The molecule has 0 radical (unpaired) electrons. The third kappa shape index (κ3) is 3.74. The lowest BCUT2D eigenvalue weighted by molar-refractivity contribution is 0.397. The Morgan fingerprint density at radius 1 is 1.41 bits per heavy atom. The van der Waals surface area contributed by atoms with E-state index < -0.39 is 0 Å². The molecule has 0 bridgehead atoms. The van der Waals surface area contributed by atoms with Gasteiger partial charge in [0.1, 0.15) is 0 Å². The molecule has 1 heterocycles. The van der Waals surface area contributed by atoms with E-state index in [1.54, 1.807) is 11.8 Å². The number of likely N-dealkylation sites (N-methyl/N-ethyl adjacent to an activating group) is 1. The van der Waals surface area contributed by atoms with Crippen LogP contribution in [0.15, 0.2) is 28.6 Å². The molecule has 2 rings (SSSR count). The van der Waals surface area contributed by atoms with E-state index >= 15 is 0 Å². The first-order valence-corrected chi connectivity index (χ1v) is 6.83. The second-order valence-corrected chi connectivity index (χ2v) is 4.89. The molecule has 0 aliphatic heterocycles. The van der Waals surface area contributed by atoms with E-state index in [4.69, 9.17) is 4.42 Å². The fourth-order valence-corrected chi connectivity index (χ4v) is 2.63. The van der Waals surface area contributed by atoms with Crippen LogP contribution in [-0.2, 0) is 0 Å². The topological polar surface area (TPSA) is 25.2 Å². The average Bonchev–Trinajstić information content (AvgIpc) is 2.88. The number of hydrogen-bond acceptors (Lipinski definition) is 2. The van der Waals surface area contributed by atoms with E-state index in [1.165, 1.54) is 37.7 Å². The molecule has 0 saturated heterocycles. The van der Waals surface area contributed by atoms with Gasteiger partial charge in [0.25, 0.3) is 0 Å². The van der Waals surface area contributed by atoms with Crippen molar-refractivity contribution in [3.8, 4) is 0 Å². The zero-order chi connectivity index (χ0) is 11.9. The number of hydrogen-bond donors (Lipinski definition) is 1. The Bertz CT molecular complexity index is 334. The summed E-state index contributed by atoms with van der Waals surface area (Å²) in [5.74, 6) is 0.776. The van der Waals surface area contributed by atoms with E-state index in [0.29, 0.717) is 0 Å². The minimum absolute atomic E-state index is 0.776. The predicted molar refractivity (Wildman–Crippen MR) is 71.8 cm³/mol. The molecule has 1 aliphatic rings. The number of rotatable bonds is 5. The monoisotopic (exact) mass is 233 g/mol. The first kappa shape index (κ1) is 12.4. The molecule has 0 unspecified atom stereocenters. The summed E-state index contributed by atoms with van der Waals surface area (Å²) in [4.78, 5) is 0. The largest absolute Gasteiger partial charge is 0.472 e. The molecule has 0 atom stereocenters. The Hall–Kier alpha value is -1.02. The van der Waals surface area contributed by atoms with Gasteiger partial charge >= 0.3 is 0 Å². The quantitative estimate of drug-likeness (QED) is 0.835. The van der Waals surface area contributed by atoms with Crippen molar-refractivity contribution in [1.29, 1.82) is 0 Å². The molecule has 1 fully saturated rings. The Morgan fingerprint density at radius 3 is 2.88 bits per heavy atom.